The average Bonchev–Trinajstić information content (AvgIpc) is 3.20. The van der Waals surface area contributed by atoms with Crippen LogP contribution in [0.4, 0.5) is 0 Å². The smallest absolute Gasteiger partial charge is 0.245 e. The molecule has 0 atom stereocenters. The Morgan fingerprint density at radius 3 is 2.11 bits per heavy atom. The van der Waals surface area contributed by atoms with Crippen LogP contribution in [0.1, 0.15) is 20.8 Å². The zero-order valence-electron chi connectivity index (χ0n) is 16.8. The van der Waals surface area contributed by atoms with Crippen molar-refractivity contribution in [1.29, 1.82) is 0 Å². The fourth-order valence-corrected chi connectivity index (χ4v) is 3.39. The van der Waals surface area contributed by atoms with E-state index in [1.165, 1.54) is 42.8 Å². The first-order chi connectivity index (χ1) is 12.8. The molecule has 2 N–H and O–H groups in total. The van der Waals surface area contributed by atoms with Crippen molar-refractivity contribution >= 4 is 15.9 Å². The Morgan fingerprint density at radius 1 is 1.15 bits per heavy atom. The van der Waals surface area contributed by atoms with E-state index in [1.807, 2.05) is 20.8 Å². The predicted molar refractivity (Wildman–Crippen MR) is 104 cm³/mol. The molecule has 154 valence electrons. The molecule has 8 nitrogen and oxygen atoms in total. The molecular formula is C18H30N2O6S. The van der Waals surface area contributed by atoms with Crippen LogP contribution in [0, 0.1) is 0 Å². The van der Waals surface area contributed by atoms with Crippen LogP contribution in [-0.2, 0) is 19.6 Å². The van der Waals surface area contributed by atoms with Crippen molar-refractivity contribution in [3.8, 4) is 11.5 Å². The van der Waals surface area contributed by atoms with Crippen molar-refractivity contribution in [2.75, 3.05) is 41.0 Å². The van der Waals surface area contributed by atoms with Crippen molar-refractivity contribution in [3.63, 3.8) is 0 Å². The van der Waals surface area contributed by atoms with Crippen LogP contribution >= 0.6 is 0 Å². The average molecular weight is 403 g/mol. The second-order valence-corrected chi connectivity index (χ2v) is 6.92. The Kier molecular flexibility index (Phi) is 11.4. The highest BCUT2D eigenvalue weighted by Crippen LogP contribution is 2.31. The summed E-state index contributed by atoms with van der Waals surface area (Å²) < 4.78 is 40.9. The molecule has 27 heavy (non-hydrogen) atoms. The van der Waals surface area contributed by atoms with Crippen molar-refractivity contribution < 1.29 is 27.4 Å². The van der Waals surface area contributed by atoms with E-state index in [2.05, 4.69) is 4.74 Å². The van der Waals surface area contributed by atoms with Gasteiger partial charge >= 0.3 is 0 Å². The number of ether oxygens (including phenoxy) is 3. The van der Waals surface area contributed by atoms with Gasteiger partial charge in [-0.25, -0.2) is 8.42 Å². The second-order valence-electron chi connectivity index (χ2n) is 4.99. The summed E-state index contributed by atoms with van der Waals surface area (Å²) in [6.07, 6.45) is 1.51. The van der Waals surface area contributed by atoms with Gasteiger partial charge in [-0.05, 0) is 19.1 Å². The predicted octanol–water partition coefficient (Wildman–Crippen LogP) is 1.80. The van der Waals surface area contributed by atoms with Crippen molar-refractivity contribution in [3.05, 3.63) is 29.8 Å². The number of primary amides is 1. The number of nitrogens with two attached hydrogens (primary N) is 1. The molecule has 0 saturated heterocycles. The zero-order chi connectivity index (χ0) is 21.0. The Labute approximate surface area is 161 Å². The first-order valence-corrected chi connectivity index (χ1v) is 9.95. The third-order valence-electron chi connectivity index (χ3n) is 3.49. The van der Waals surface area contributed by atoms with Gasteiger partial charge in [-0.3, -0.25) is 4.79 Å². The summed E-state index contributed by atoms with van der Waals surface area (Å²) in [5.41, 5.74) is 5.45. The Bertz CT molecular complexity index is 729. The number of hydrogen-bond donors (Lipinski definition) is 1. The lowest BCUT2D eigenvalue weighted by molar-refractivity contribution is -0.114. The fraction of sp³-hybridized carbons (Fsp3) is 0.500. The van der Waals surface area contributed by atoms with Gasteiger partial charge in [0.05, 0.1) is 19.1 Å². The van der Waals surface area contributed by atoms with Crippen molar-refractivity contribution in [2.24, 2.45) is 5.73 Å². The van der Waals surface area contributed by atoms with Crippen LogP contribution in [0.5, 0.6) is 11.5 Å². The summed E-state index contributed by atoms with van der Waals surface area (Å²) in [5.74, 6) is 0.148. The van der Waals surface area contributed by atoms with Gasteiger partial charge in [0.25, 0.3) is 0 Å². The highest BCUT2D eigenvalue weighted by molar-refractivity contribution is 7.89. The molecule has 1 amide bonds. The van der Waals surface area contributed by atoms with Gasteiger partial charge in [0, 0.05) is 38.4 Å². The summed E-state index contributed by atoms with van der Waals surface area (Å²) in [6, 6.07) is 4.33. The quantitative estimate of drug-likeness (QED) is 0.777. The Hall–Kier alpha value is -2.10. The molecule has 1 aliphatic rings. The number of sulfonamides is 1. The minimum Gasteiger partial charge on any atom is -0.493 e. The lowest BCUT2D eigenvalue weighted by Gasteiger charge is -2.17. The van der Waals surface area contributed by atoms with Gasteiger partial charge in [0.2, 0.25) is 15.9 Å². The van der Waals surface area contributed by atoms with E-state index in [1.54, 1.807) is 7.11 Å². The van der Waals surface area contributed by atoms with E-state index in [0.717, 1.165) is 6.61 Å². The summed E-state index contributed by atoms with van der Waals surface area (Å²) >= 11 is 0. The van der Waals surface area contributed by atoms with Crippen LogP contribution < -0.4 is 15.2 Å². The van der Waals surface area contributed by atoms with E-state index in [9.17, 15) is 13.2 Å². The maximum atomic E-state index is 12.5. The van der Waals surface area contributed by atoms with E-state index in [0.29, 0.717) is 17.1 Å². The molecule has 1 aliphatic heterocycles. The lowest BCUT2D eigenvalue weighted by Crippen LogP contribution is -2.30. The molecule has 1 aromatic rings. The molecule has 1 aromatic carbocycles. The van der Waals surface area contributed by atoms with Crippen LogP contribution in [0.25, 0.3) is 0 Å². The SMILES string of the molecule is CC.CCOC.COc1ccc(S(=O)(=O)N2CC=C(C(N)=O)C2)cc1OC. The van der Waals surface area contributed by atoms with Gasteiger partial charge in [-0.15, -0.1) is 0 Å². The summed E-state index contributed by atoms with van der Waals surface area (Å²) in [4.78, 5) is 11.2. The highest BCUT2D eigenvalue weighted by Gasteiger charge is 2.30. The molecule has 0 fully saturated rings. The normalized spacial score (nSPS) is 13.5. The van der Waals surface area contributed by atoms with E-state index >= 15 is 0 Å². The molecular weight excluding hydrogens is 372 g/mol. The summed E-state index contributed by atoms with van der Waals surface area (Å²) in [6.45, 7) is 6.88. The first kappa shape index (κ1) is 24.9. The van der Waals surface area contributed by atoms with E-state index in [4.69, 9.17) is 15.2 Å². The molecule has 0 bridgehead atoms. The highest BCUT2D eigenvalue weighted by atomic mass is 32.2. The second kappa shape index (κ2) is 12.3. The molecule has 0 spiro atoms. The minimum absolute atomic E-state index is 0.0218. The maximum absolute atomic E-state index is 12.5. The zero-order valence-corrected chi connectivity index (χ0v) is 17.6. The fourth-order valence-electron chi connectivity index (χ4n) is 2.02. The summed E-state index contributed by atoms with van der Waals surface area (Å²) in [7, 11) is 0.851. The largest absolute Gasteiger partial charge is 0.493 e. The molecule has 0 unspecified atom stereocenters. The molecule has 9 heteroatoms. The van der Waals surface area contributed by atoms with E-state index in [-0.39, 0.29) is 18.0 Å². The van der Waals surface area contributed by atoms with Gasteiger partial charge < -0.3 is 19.9 Å². The maximum Gasteiger partial charge on any atom is 0.245 e. The van der Waals surface area contributed by atoms with Crippen LogP contribution in [-0.4, -0.2) is 59.7 Å². The minimum atomic E-state index is -3.72. The van der Waals surface area contributed by atoms with Crippen molar-refractivity contribution in [1.82, 2.24) is 4.31 Å². The standard InChI is InChI=1S/C13H16N2O5S.C3H8O.C2H6/c1-19-11-4-3-10(7-12(11)20-2)21(17,18)15-6-5-9(8-15)13(14)16;1-3-4-2;1-2/h3-5,7H,6,8H2,1-2H3,(H2,14,16);3H2,1-2H3;1-2H3. The number of amides is 1. The number of rotatable bonds is 6. The van der Waals surface area contributed by atoms with Crippen LogP contribution in [0.15, 0.2) is 34.7 Å². The molecule has 0 radical (unpaired) electrons. The van der Waals surface area contributed by atoms with Gasteiger partial charge in [-0.2, -0.15) is 4.31 Å². The monoisotopic (exact) mass is 402 g/mol. The summed E-state index contributed by atoms with van der Waals surface area (Å²) in [5, 5.41) is 0. The number of hydrogen-bond acceptors (Lipinski definition) is 6. The third kappa shape index (κ3) is 6.85. The number of benzene rings is 1. The molecule has 1 heterocycles. The molecule has 0 aromatic heterocycles. The Balaban J connectivity index is 0.000000998. The first-order valence-electron chi connectivity index (χ1n) is 8.51. The van der Waals surface area contributed by atoms with Crippen molar-refractivity contribution in [2.45, 2.75) is 25.7 Å². The van der Waals surface area contributed by atoms with E-state index < -0.39 is 15.9 Å². The molecule has 2 rings (SSSR count). The van der Waals surface area contributed by atoms with Crippen LogP contribution in [0.2, 0.25) is 0 Å². The molecule has 0 aliphatic carbocycles. The number of methoxy groups -OCH3 is 3. The van der Waals surface area contributed by atoms with Gasteiger partial charge in [0.15, 0.2) is 11.5 Å². The topological polar surface area (TPSA) is 108 Å². The number of carbonyl (C=O) groups is 1. The number of carbonyl (C=O) groups excluding carboxylic acids is 1. The molecule has 0 saturated carbocycles. The lowest BCUT2D eigenvalue weighted by atomic mass is 10.3. The van der Waals surface area contributed by atoms with Crippen LogP contribution in [0.3, 0.4) is 0 Å². The van der Waals surface area contributed by atoms with Gasteiger partial charge in [-0.1, -0.05) is 19.9 Å². The number of nitrogens with zero attached hydrogens (tertiary/aromatic N) is 1. The van der Waals surface area contributed by atoms with Gasteiger partial charge in [0.1, 0.15) is 0 Å². The Morgan fingerprint density at radius 2 is 1.70 bits per heavy atom. The third-order valence-corrected chi connectivity index (χ3v) is 5.29.